The van der Waals surface area contributed by atoms with Gasteiger partial charge in [-0.05, 0) is 26.8 Å². The van der Waals surface area contributed by atoms with E-state index in [2.05, 4.69) is 43.4 Å². The number of thiazole rings is 1. The van der Waals surface area contributed by atoms with Gasteiger partial charge in [-0.2, -0.15) is 0 Å². The van der Waals surface area contributed by atoms with E-state index in [0.29, 0.717) is 6.61 Å². The molecule has 0 unspecified atom stereocenters. The van der Waals surface area contributed by atoms with Gasteiger partial charge in [0.15, 0.2) is 0 Å². The molecule has 1 N–H and O–H groups in total. The molecular formula is C12H22N2OS. The molecule has 0 saturated carbocycles. The van der Waals surface area contributed by atoms with Gasteiger partial charge in [0.05, 0.1) is 17.8 Å². The number of aromatic nitrogens is 1. The minimum atomic E-state index is -0.0474. The van der Waals surface area contributed by atoms with Gasteiger partial charge in [-0.25, -0.2) is 4.98 Å². The molecule has 92 valence electrons. The third kappa shape index (κ3) is 3.85. The first-order valence-electron chi connectivity index (χ1n) is 5.87. The Morgan fingerprint density at radius 1 is 1.44 bits per heavy atom. The Morgan fingerprint density at radius 2 is 2.19 bits per heavy atom. The smallest absolute Gasteiger partial charge is 0.119 e. The summed E-state index contributed by atoms with van der Waals surface area (Å²) in [5, 5.41) is 6.60. The highest BCUT2D eigenvalue weighted by Gasteiger charge is 2.21. The van der Waals surface area contributed by atoms with E-state index in [1.807, 2.05) is 0 Å². The van der Waals surface area contributed by atoms with Crippen LogP contribution in [0.1, 0.15) is 44.8 Å². The summed E-state index contributed by atoms with van der Waals surface area (Å²) in [5.41, 5.74) is 1.06. The molecule has 0 atom stereocenters. The van der Waals surface area contributed by atoms with E-state index in [1.165, 1.54) is 0 Å². The third-order valence-corrected chi connectivity index (χ3v) is 3.21. The second kappa shape index (κ2) is 6.33. The van der Waals surface area contributed by atoms with Gasteiger partial charge in [-0.15, -0.1) is 11.3 Å². The molecule has 0 spiro atoms. The highest BCUT2D eigenvalue weighted by molar-refractivity contribution is 7.09. The molecule has 0 bridgehead atoms. The molecule has 0 aliphatic carbocycles. The number of hydrogen-bond donors (Lipinski definition) is 1. The van der Waals surface area contributed by atoms with E-state index < -0.39 is 0 Å². The van der Waals surface area contributed by atoms with Crippen LogP contribution in [0.2, 0.25) is 0 Å². The van der Waals surface area contributed by atoms with Crippen molar-refractivity contribution in [1.82, 2.24) is 10.3 Å². The minimum absolute atomic E-state index is 0.0474. The molecular weight excluding hydrogens is 220 g/mol. The molecule has 4 heteroatoms. The number of nitrogens with zero attached hydrogens (tertiary/aromatic N) is 1. The van der Waals surface area contributed by atoms with Crippen molar-refractivity contribution < 1.29 is 4.74 Å². The lowest BCUT2D eigenvalue weighted by Gasteiger charge is -2.23. The zero-order chi connectivity index (χ0) is 12.0. The van der Waals surface area contributed by atoms with Gasteiger partial charge in [-0.3, -0.25) is 0 Å². The predicted octanol–water partition coefficient (Wildman–Crippen LogP) is 2.91. The van der Waals surface area contributed by atoms with Crippen molar-refractivity contribution in [2.24, 2.45) is 0 Å². The largest absolute Gasteiger partial charge is 0.374 e. The van der Waals surface area contributed by atoms with E-state index in [1.54, 1.807) is 11.3 Å². The Morgan fingerprint density at radius 3 is 2.81 bits per heavy atom. The Bertz CT molecular complexity index is 310. The lowest BCUT2D eigenvalue weighted by atomic mass is 10.0. The monoisotopic (exact) mass is 242 g/mol. The molecule has 0 radical (unpaired) electrons. The second-order valence-corrected chi connectivity index (χ2v) is 5.28. The Hall–Kier alpha value is -0.450. The van der Waals surface area contributed by atoms with E-state index >= 15 is 0 Å². The molecule has 0 fully saturated rings. The van der Waals surface area contributed by atoms with E-state index in [4.69, 9.17) is 4.74 Å². The summed E-state index contributed by atoms with van der Waals surface area (Å²) < 4.78 is 5.48. The fourth-order valence-corrected chi connectivity index (χ4v) is 2.40. The maximum absolute atomic E-state index is 5.48. The normalized spacial score (nSPS) is 12.0. The first-order valence-corrected chi connectivity index (χ1v) is 6.75. The van der Waals surface area contributed by atoms with Crippen LogP contribution in [0.4, 0.5) is 0 Å². The molecule has 1 heterocycles. The summed E-state index contributed by atoms with van der Waals surface area (Å²) in [5.74, 6) is 0. The molecule has 16 heavy (non-hydrogen) atoms. The summed E-state index contributed by atoms with van der Waals surface area (Å²) in [4.78, 5) is 4.60. The van der Waals surface area contributed by atoms with Gasteiger partial charge >= 0.3 is 0 Å². The van der Waals surface area contributed by atoms with Crippen LogP contribution in [-0.4, -0.2) is 18.1 Å². The van der Waals surface area contributed by atoms with Gasteiger partial charge in [0.25, 0.3) is 0 Å². The zero-order valence-corrected chi connectivity index (χ0v) is 11.5. The fraction of sp³-hybridized carbons (Fsp3) is 0.750. The molecule has 0 aliphatic heterocycles. The van der Waals surface area contributed by atoms with Crippen LogP contribution in [0, 0.1) is 0 Å². The van der Waals surface area contributed by atoms with Gasteiger partial charge in [-0.1, -0.05) is 13.8 Å². The lowest BCUT2D eigenvalue weighted by molar-refractivity contribution is 0.121. The third-order valence-electron chi connectivity index (χ3n) is 2.38. The summed E-state index contributed by atoms with van der Waals surface area (Å²) in [7, 11) is 0. The zero-order valence-electron chi connectivity index (χ0n) is 10.7. The van der Waals surface area contributed by atoms with Crippen molar-refractivity contribution in [3.05, 3.63) is 16.1 Å². The predicted molar refractivity (Wildman–Crippen MR) is 68.8 cm³/mol. The molecule has 0 saturated heterocycles. The minimum Gasteiger partial charge on any atom is -0.374 e. The molecule has 0 aliphatic rings. The first kappa shape index (κ1) is 13.6. The summed E-state index contributed by atoms with van der Waals surface area (Å²) in [6.07, 6.45) is 1.06. The second-order valence-electron chi connectivity index (χ2n) is 4.33. The van der Waals surface area contributed by atoms with E-state index in [9.17, 15) is 0 Å². The van der Waals surface area contributed by atoms with Crippen LogP contribution in [0.3, 0.4) is 0 Å². The van der Waals surface area contributed by atoms with Crippen LogP contribution in [0.5, 0.6) is 0 Å². The summed E-state index contributed by atoms with van der Waals surface area (Å²) in [6.45, 7) is 10.9. The van der Waals surface area contributed by atoms with Crippen LogP contribution < -0.4 is 5.32 Å². The van der Waals surface area contributed by atoms with Crippen LogP contribution >= 0.6 is 11.3 Å². The molecule has 1 aromatic heterocycles. The average molecular weight is 242 g/mol. The highest BCUT2D eigenvalue weighted by atomic mass is 32.1. The lowest BCUT2D eigenvalue weighted by Crippen LogP contribution is -2.36. The van der Waals surface area contributed by atoms with E-state index in [0.717, 1.165) is 30.3 Å². The summed E-state index contributed by atoms with van der Waals surface area (Å²) >= 11 is 1.68. The molecule has 0 aromatic carbocycles. The Balaban J connectivity index is 2.56. The Kier molecular flexibility index (Phi) is 5.38. The Labute approximate surface area is 102 Å². The first-order chi connectivity index (χ1) is 7.60. The standard InChI is InChI=1S/C12H22N2OS/c1-5-7-15-8-11-14-10(9-16-11)12(3,4)13-6-2/h9,13H,5-8H2,1-4H3. The van der Waals surface area contributed by atoms with Crippen LogP contribution in [0.25, 0.3) is 0 Å². The highest BCUT2D eigenvalue weighted by Crippen LogP contribution is 2.22. The van der Waals surface area contributed by atoms with Crippen molar-refractivity contribution >= 4 is 11.3 Å². The fourth-order valence-electron chi connectivity index (χ4n) is 1.50. The van der Waals surface area contributed by atoms with Crippen molar-refractivity contribution in [2.75, 3.05) is 13.2 Å². The number of nitrogens with one attached hydrogen (secondary N) is 1. The van der Waals surface area contributed by atoms with Gasteiger partial charge in [0.1, 0.15) is 5.01 Å². The quantitative estimate of drug-likeness (QED) is 0.747. The topological polar surface area (TPSA) is 34.1 Å². The maximum atomic E-state index is 5.48. The van der Waals surface area contributed by atoms with Crippen molar-refractivity contribution in [3.8, 4) is 0 Å². The maximum Gasteiger partial charge on any atom is 0.119 e. The molecule has 0 amide bonds. The van der Waals surface area contributed by atoms with Gasteiger partial charge in [0, 0.05) is 12.0 Å². The van der Waals surface area contributed by atoms with Gasteiger partial charge < -0.3 is 10.1 Å². The van der Waals surface area contributed by atoms with Crippen molar-refractivity contribution in [1.29, 1.82) is 0 Å². The van der Waals surface area contributed by atoms with Crippen molar-refractivity contribution in [2.45, 2.75) is 46.3 Å². The SMILES string of the molecule is CCCOCc1nc(C(C)(C)NCC)cs1. The van der Waals surface area contributed by atoms with E-state index in [-0.39, 0.29) is 5.54 Å². The van der Waals surface area contributed by atoms with Crippen molar-refractivity contribution in [3.63, 3.8) is 0 Å². The molecule has 1 rings (SSSR count). The van der Waals surface area contributed by atoms with Crippen LogP contribution in [-0.2, 0) is 16.9 Å². The number of hydrogen-bond acceptors (Lipinski definition) is 4. The molecule has 3 nitrogen and oxygen atoms in total. The van der Waals surface area contributed by atoms with Crippen LogP contribution in [0.15, 0.2) is 5.38 Å². The number of ether oxygens (including phenoxy) is 1. The van der Waals surface area contributed by atoms with Gasteiger partial charge in [0.2, 0.25) is 0 Å². The number of rotatable bonds is 7. The average Bonchev–Trinajstić information content (AvgIpc) is 2.67. The molecule has 1 aromatic rings. The summed E-state index contributed by atoms with van der Waals surface area (Å²) in [6, 6.07) is 0.